The van der Waals surface area contributed by atoms with Gasteiger partial charge in [-0.05, 0) is 18.6 Å². The first-order valence-corrected chi connectivity index (χ1v) is 6.66. The molecule has 1 aromatic carbocycles. The Morgan fingerprint density at radius 1 is 1.15 bits per heavy atom. The summed E-state index contributed by atoms with van der Waals surface area (Å²) in [6.45, 7) is 4.33. The molecule has 0 aliphatic rings. The Balaban J connectivity index is 3.38. The van der Waals surface area contributed by atoms with Crippen molar-refractivity contribution in [2.24, 2.45) is 11.1 Å². The van der Waals surface area contributed by atoms with E-state index in [-0.39, 0.29) is 0 Å². The van der Waals surface area contributed by atoms with Gasteiger partial charge in [0.1, 0.15) is 0 Å². The number of ether oxygens (including phenoxy) is 3. The molecule has 1 rings (SSSR count). The zero-order valence-corrected chi connectivity index (χ0v) is 12.9. The lowest BCUT2D eigenvalue weighted by atomic mass is 9.78. The van der Waals surface area contributed by atoms with E-state index in [4.69, 9.17) is 19.9 Å². The first-order chi connectivity index (χ1) is 9.48. The van der Waals surface area contributed by atoms with Crippen LogP contribution in [0.25, 0.3) is 0 Å². The fourth-order valence-corrected chi connectivity index (χ4v) is 2.16. The highest BCUT2D eigenvalue weighted by molar-refractivity contribution is 5.56. The molecule has 2 unspecified atom stereocenters. The van der Waals surface area contributed by atoms with Crippen molar-refractivity contribution in [2.45, 2.75) is 26.4 Å². The predicted octanol–water partition coefficient (Wildman–Crippen LogP) is 2.12. The van der Waals surface area contributed by atoms with Crippen LogP contribution in [0.15, 0.2) is 12.1 Å². The second kappa shape index (κ2) is 6.81. The molecule has 1 aromatic rings. The molecule has 0 aliphatic carbocycles. The van der Waals surface area contributed by atoms with E-state index in [0.29, 0.717) is 29.4 Å². The van der Waals surface area contributed by atoms with E-state index in [2.05, 4.69) is 0 Å². The minimum absolute atomic E-state index is 0.377. The minimum atomic E-state index is -0.743. The van der Waals surface area contributed by atoms with Crippen molar-refractivity contribution in [3.05, 3.63) is 17.7 Å². The first-order valence-electron chi connectivity index (χ1n) is 6.66. The number of hydrogen-bond donors (Lipinski definition) is 2. The van der Waals surface area contributed by atoms with Gasteiger partial charge in [-0.3, -0.25) is 0 Å². The third-order valence-electron chi connectivity index (χ3n) is 3.96. The van der Waals surface area contributed by atoms with Gasteiger partial charge >= 0.3 is 0 Å². The minimum Gasteiger partial charge on any atom is -0.493 e. The molecule has 0 saturated carbocycles. The lowest BCUT2D eigenvalue weighted by molar-refractivity contribution is 0.0369. The summed E-state index contributed by atoms with van der Waals surface area (Å²) < 4.78 is 16.0. The second-order valence-corrected chi connectivity index (χ2v) is 5.04. The Morgan fingerprint density at radius 3 is 2.15 bits per heavy atom. The maximum absolute atomic E-state index is 10.7. The lowest BCUT2D eigenvalue weighted by Crippen LogP contribution is -2.33. The van der Waals surface area contributed by atoms with E-state index >= 15 is 0 Å². The van der Waals surface area contributed by atoms with Crippen molar-refractivity contribution in [1.29, 1.82) is 0 Å². The number of rotatable bonds is 7. The number of aliphatic hydroxyl groups is 1. The normalized spacial score (nSPS) is 15.3. The topological polar surface area (TPSA) is 73.9 Å². The van der Waals surface area contributed by atoms with Crippen LogP contribution in [0.2, 0.25) is 0 Å². The molecule has 0 amide bonds. The third-order valence-corrected chi connectivity index (χ3v) is 3.96. The molecule has 5 nitrogen and oxygen atoms in total. The molecule has 114 valence electrons. The molecule has 20 heavy (non-hydrogen) atoms. The number of methoxy groups -OCH3 is 3. The molecule has 0 bridgehead atoms. The molecule has 0 aromatic heterocycles. The Kier molecular flexibility index (Phi) is 5.65. The largest absolute Gasteiger partial charge is 0.493 e. The van der Waals surface area contributed by atoms with Crippen molar-refractivity contribution in [2.75, 3.05) is 27.9 Å². The van der Waals surface area contributed by atoms with Crippen LogP contribution in [-0.4, -0.2) is 33.0 Å². The predicted molar refractivity (Wildman–Crippen MR) is 78.5 cm³/mol. The highest BCUT2D eigenvalue weighted by atomic mass is 16.5. The summed E-state index contributed by atoms with van der Waals surface area (Å²) in [6.07, 6.45) is 0.00887. The van der Waals surface area contributed by atoms with Crippen LogP contribution < -0.4 is 19.9 Å². The van der Waals surface area contributed by atoms with Gasteiger partial charge in [0.05, 0.1) is 27.4 Å². The van der Waals surface area contributed by atoms with Gasteiger partial charge in [0.2, 0.25) is 5.75 Å². The zero-order chi connectivity index (χ0) is 15.3. The third kappa shape index (κ3) is 2.83. The molecule has 0 spiro atoms. The van der Waals surface area contributed by atoms with E-state index in [1.807, 2.05) is 13.8 Å². The number of hydrogen-bond acceptors (Lipinski definition) is 5. The molecule has 0 aliphatic heterocycles. The zero-order valence-electron chi connectivity index (χ0n) is 12.9. The van der Waals surface area contributed by atoms with Crippen molar-refractivity contribution >= 4 is 0 Å². The molecule has 0 heterocycles. The van der Waals surface area contributed by atoms with Crippen LogP contribution in [0.5, 0.6) is 17.2 Å². The first kappa shape index (κ1) is 16.6. The Morgan fingerprint density at radius 2 is 1.75 bits per heavy atom. The van der Waals surface area contributed by atoms with Gasteiger partial charge in [0.25, 0.3) is 0 Å². The van der Waals surface area contributed by atoms with Crippen LogP contribution in [0.3, 0.4) is 0 Å². The molecule has 3 N–H and O–H groups in total. The van der Waals surface area contributed by atoms with Crippen LogP contribution >= 0.6 is 0 Å². The molecular formula is C15H25NO4. The van der Waals surface area contributed by atoms with Crippen molar-refractivity contribution in [1.82, 2.24) is 0 Å². The van der Waals surface area contributed by atoms with Crippen LogP contribution in [0.4, 0.5) is 0 Å². The fraction of sp³-hybridized carbons (Fsp3) is 0.600. The fourth-order valence-electron chi connectivity index (χ4n) is 2.16. The van der Waals surface area contributed by atoms with Crippen molar-refractivity contribution in [3.8, 4) is 17.2 Å². The summed E-state index contributed by atoms with van der Waals surface area (Å²) in [4.78, 5) is 0. The van der Waals surface area contributed by atoms with Crippen LogP contribution in [-0.2, 0) is 0 Å². The number of aliphatic hydroxyl groups excluding tert-OH is 1. The Labute approximate surface area is 120 Å². The quantitative estimate of drug-likeness (QED) is 0.802. The van der Waals surface area contributed by atoms with Crippen LogP contribution in [0, 0.1) is 5.41 Å². The summed E-state index contributed by atoms with van der Waals surface area (Å²) in [6, 6.07) is 3.54. The molecule has 2 atom stereocenters. The standard InChI is InChI=1S/C15H25NO4/c1-6-15(2,9-16)14(17)10-7-8-11(18-3)13(20-5)12(10)19-4/h7-8,14,17H,6,9,16H2,1-5H3. The van der Waals surface area contributed by atoms with Crippen LogP contribution in [0.1, 0.15) is 31.9 Å². The van der Waals surface area contributed by atoms with Crippen molar-refractivity contribution in [3.63, 3.8) is 0 Å². The summed E-state index contributed by atoms with van der Waals surface area (Å²) in [5.41, 5.74) is 6.05. The SMILES string of the molecule is CCC(C)(CN)C(O)c1ccc(OC)c(OC)c1OC. The summed E-state index contributed by atoms with van der Waals surface area (Å²) in [7, 11) is 4.64. The van der Waals surface area contributed by atoms with Gasteiger partial charge in [0, 0.05) is 17.5 Å². The summed E-state index contributed by atoms with van der Waals surface area (Å²) in [5, 5.41) is 10.7. The molecule has 0 radical (unpaired) electrons. The van der Waals surface area contributed by atoms with E-state index in [1.165, 1.54) is 0 Å². The van der Waals surface area contributed by atoms with E-state index < -0.39 is 11.5 Å². The van der Waals surface area contributed by atoms with Gasteiger partial charge in [-0.1, -0.05) is 13.8 Å². The highest BCUT2D eigenvalue weighted by Crippen LogP contribution is 2.46. The smallest absolute Gasteiger partial charge is 0.203 e. The Bertz CT molecular complexity index is 444. The summed E-state index contributed by atoms with van der Waals surface area (Å²) >= 11 is 0. The Hall–Kier alpha value is -1.46. The average Bonchev–Trinajstić information content (AvgIpc) is 2.51. The van der Waals surface area contributed by atoms with Gasteiger partial charge in [-0.25, -0.2) is 0 Å². The maximum Gasteiger partial charge on any atom is 0.203 e. The number of nitrogens with two attached hydrogens (primary N) is 1. The van der Waals surface area contributed by atoms with E-state index in [9.17, 15) is 5.11 Å². The maximum atomic E-state index is 10.7. The van der Waals surface area contributed by atoms with Gasteiger partial charge in [-0.2, -0.15) is 0 Å². The molecule has 0 fully saturated rings. The monoisotopic (exact) mass is 283 g/mol. The average molecular weight is 283 g/mol. The van der Waals surface area contributed by atoms with Crippen molar-refractivity contribution < 1.29 is 19.3 Å². The lowest BCUT2D eigenvalue weighted by Gasteiger charge is -2.33. The molecule has 0 saturated heterocycles. The van der Waals surface area contributed by atoms with E-state index in [1.54, 1.807) is 33.5 Å². The molecular weight excluding hydrogens is 258 g/mol. The van der Waals surface area contributed by atoms with Gasteiger partial charge in [0.15, 0.2) is 11.5 Å². The highest BCUT2D eigenvalue weighted by Gasteiger charge is 2.34. The van der Waals surface area contributed by atoms with Gasteiger partial charge in [-0.15, -0.1) is 0 Å². The van der Waals surface area contributed by atoms with Gasteiger partial charge < -0.3 is 25.1 Å². The van der Waals surface area contributed by atoms with E-state index in [0.717, 1.165) is 6.42 Å². The number of benzene rings is 1. The second-order valence-electron chi connectivity index (χ2n) is 5.04. The summed E-state index contributed by atoms with van der Waals surface area (Å²) in [5.74, 6) is 1.51. The molecule has 5 heteroatoms.